The number of hydrogen-bond acceptors (Lipinski definition) is 4. The lowest BCUT2D eigenvalue weighted by atomic mass is 10.1. The van der Waals surface area contributed by atoms with Crippen LogP contribution in [0, 0.1) is 11.8 Å². The van der Waals surface area contributed by atoms with E-state index in [2.05, 4.69) is 27.7 Å². The Kier molecular flexibility index (Phi) is 13.7. The molecule has 24 heavy (non-hydrogen) atoms. The quantitative estimate of drug-likeness (QED) is 0.318. The SMILES string of the molecule is CC(C)CCCC(=O)OCCCCC(C)OC(=O)CCCC(C)C. The fraction of sp³-hybridized carbons (Fsp3) is 0.900. The Hall–Kier alpha value is -1.06. The van der Waals surface area contributed by atoms with Crippen LogP contribution in [0.5, 0.6) is 0 Å². The lowest BCUT2D eigenvalue weighted by molar-refractivity contribution is -0.148. The number of esters is 2. The summed E-state index contributed by atoms with van der Waals surface area (Å²) < 4.78 is 10.6. The van der Waals surface area contributed by atoms with Crippen molar-refractivity contribution >= 4 is 11.9 Å². The van der Waals surface area contributed by atoms with Gasteiger partial charge in [-0.1, -0.05) is 40.5 Å². The number of ether oxygens (including phenoxy) is 2. The molecule has 0 saturated heterocycles. The molecule has 0 fully saturated rings. The number of carbonyl (C=O) groups excluding carboxylic acids is 2. The van der Waals surface area contributed by atoms with Gasteiger partial charge in [-0.25, -0.2) is 0 Å². The van der Waals surface area contributed by atoms with E-state index in [9.17, 15) is 9.59 Å². The Morgan fingerprint density at radius 1 is 0.708 bits per heavy atom. The van der Waals surface area contributed by atoms with Crippen LogP contribution in [-0.4, -0.2) is 24.6 Å². The Balaban J connectivity index is 3.52. The van der Waals surface area contributed by atoms with Crippen LogP contribution in [0.1, 0.15) is 92.4 Å². The van der Waals surface area contributed by atoms with E-state index < -0.39 is 0 Å². The summed E-state index contributed by atoms with van der Waals surface area (Å²) in [5, 5.41) is 0. The minimum atomic E-state index is -0.0975. The van der Waals surface area contributed by atoms with Crippen LogP contribution in [0.4, 0.5) is 0 Å². The third-order valence-electron chi connectivity index (χ3n) is 3.93. The van der Waals surface area contributed by atoms with Crippen molar-refractivity contribution < 1.29 is 19.1 Å². The van der Waals surface area contributed by atoms with Gasteiger partial charge in [0.2, 0.25) is 0 Å². The molecule has 0 spiro atoms. The first-order chi connectivity index (χ1) is 11.3. The lowest BCUT2D eigenvalue weighted by Gasteiger charge is -2.13. The normalized spacial score (nSPS) is 12.5. The van der Waals surface area contributed by atoms with E-state index in [0.717, 1.165) is 44.9 Å². The van der Waals surface area contributed by atoms with Crippen molar-refractivity contribution in [2.24, 2.45) is 11.8 Å². The number of rotatable bonds is 14. The molecule has 142 valence electrons. The molecule has 4 heteroatoms. The molecule has 0 aliphatic heterocycles. The van der Waals surface area contributed by atoms with E-state index in [-0.39, 0.29) is 18.0 Å². The minimum Gasteiger partial charge on any atom is -0.466 e. The van der Waals surface area contributed by atoms with Crippen molar-refractivity contribution in [3.63, 3.8) is 0 Å². The summed E-state index contributed by atoms with van der Waals surface area (Å²) in [6.45, 7) is 11.0. The van der Waals surface area contributed by atoms with Gasteiger partial charge in [-0.2, -0.15) is 0 Å². The van der Waals surface area contributed by atoms with Crippen LogP contribution in [0.25, 0.3) is 0 Å². The van der Waals surface area contributed by atoms with Crippen molar-refractivity contribution in [2.75, 3.05) is 6.61 Å². The Bertz CT molecular complexity index is 337. The predicted octanol–water partition coefficient (Wildman–Crippen LogP) is 5.28. The second-order valence-electron chi connectivity index (χ2n) is 7.59. The van der Waals surface area contributed by atoms with Crippen LogP contribution in [0.2, 0.25) is 0 Å². The van der Waals surface area contributed by atoms with Crippen molar-refractivity contribution in [1.82, 2.24) is 0 Å². The highest BCUT2D eigenvalue weighted by Crippen LogP contribution is 2.11. The number of carbonyl (C=O) groups is 2. The van der Waals surface area contributed by atoms with Crippen molar-refractivity contribution in [1.29, 1.82) is 0 Å². The topological polar surface area (TPSA) is 52.6 Å². The number of unbranched alkanes of at least 4 members (excludes halogenated alkanes) is 1. The van der Waals surface area contributed by atoms with Crippen molar-refractivity contribution in [3.05, 3.63) is 0 Å². The summed E-state index contributed by atoms with van der Waals surface area (Å²) in [6, 6.07) is 0. The standard InChI is InChI=1S/C20H38O4/c1-16(2)10-8-13-19(21)23-15-7-6-12-18(5)24-20(22)14-9-11-17(3)4/h16-18H,6-15H2,1-5H3. The van der Waals surface area contributed by atoms with Gasteiger partial charge in [0.15, 0.2) is 0 Å². The van der Waals surface area contributed by atoms with Gasteiger partial charge in [0.25, 0.3) is 0 Å². The van der Waals surface area contributed by atoms with Gasteiger partial charge in [0.1, 0.15) is 0 Å². The average Bonchev–Trinajstić information content (AvgIpc) is 2.45. The molecular weight excluding hydrogens is 304 g/mol. The van der Waals surface area contributed by atoms with E-state index in [1.807, 2.05) is 6.92 Å². The zero-order chi connectivity index (χ0) is 18.4. The predicted molar refractivity (Wildman–Crippen MR) is 97.7 cm³/mol. The molecule has 0 amide bonds. The van der Waals surface area contributed by atoms with Gasteiger partial charge in [0.05, 0.1) is 12.7 Å². The zero-order valence-electron chi connectivity index (χ0n) is 16.4. The molecule has 0 heterocycles. The molecule has 0 aliphatic carbocycles. The van der Waals surface area contributed by atoms with Crippen LogP contribution in [-0.2, 0) is 19.1 Å². The fourth-order valence-electron chi connectivity index (χ4n) is 2.44. The maximum absolute atomic E-state index is 11.7. The highest BCUT2D eigenvalue weighted by atomic mass is 16.5. The van der Waals surface area contributed by atoms with E-state index in [1.165, 1.54) is 0 Å². The summed E-state index contributed by atoms with van der Waals surface area (Å²) >= 11 is 0. The second kappa shape index (κ2) is 14.3. The third-order valence-corrected chi connectivity index (χ3v) is 3.93. The minimum absolute atomic E-state index is 0.0571. The van der Waals surface area contributed by atoms with Crippen LogP contribution >= 0.6 is 0 Å². The molecular formula is C20H38O4. The molecule has 0 saturated carbocycles. The van der Waals surface area contributed by atoms with E-state index in [0.29, 0.717) is 31.3 Å². The largest absolute Gasteiger partial charge is 0.466 e. The second-order valence-corrected chi connectivity index (χ2v) is 7.59. The van der Waals surface area contributed by atoms with Gasteiger partial charge >= 0.3 is 11.9 Å². The van der Waals surface area contributed by atoms with Gasteiger partial charge < -0.3 is 9.47 Å². The molecule has 0 aromatic heterocycles. The third kappa shape index (κ3) is 15.8. The van der Waals surface area contributed by atoms with Crippen molar-refractivity contribution in [3.8, 4) is 0 Å². The molecule has 0 radical (unpaired) electrons. The molecule has 0 aliphatic rings. The van der Waals surface area contributed by atoms with Gasteiger partial charge in [-0.05, 0) is 50.9 Å². The monoisotopic (exact) mass is 342 g/mol. The first kappa shape index (κ1) is 22.9. The first-order valence-corrected chi connectivity index (χ1v) is 9.66. The molecule has 0 rings (SSSR count). The smallest absolute Gasteiger partial charge is 0.306 e. The zero-order valence-corrected chi connectivity index (χ0v) is 16.4. The Labute approximate surface area is 148 Å². The summed E-state index contributed by atoms with van der Waals surface area (Å²) in [4.78, 5) is 23.2. The molecule has 1 unspecified atom stereocenters. The molecule has 0 bridgehead atoms. The van der Waals surface area contributed by atoms with E-state index in [1.54, 1.807) is 0 Å². The van der Waals surface area contributed by atoms with Crippen LogP contribution in [0.15, 0.2) is 0 Å². The van der Waals surface area contributed by atoms with E-state index in [4.69, 9.17) is 9.47 Å². The van der Waals surface area contributed by atoms with Crippen molar-refractivity contribution in [2.45, 2.75) is 98.5 Å². The molecule has 4 nitrogen and oxygen atoms in total. The highest BCUT2D eigenvalue weighted by Gasteiger charge is 2.10. The maximum Gasteiger partial charge on any atom is 0.306 e. The molecule has 0 N–H and O–H groups in total. The molecule has 0 aromatic carbocycles. The van der Waals surface area contributed by atoms with Gasteiger partial charge in [0, 0.05) is 12.8 Å². The average molecular weight is 343 g/mol. The molecule has 1 atom stereocenters. The lowest BCUT2D eigenvalue weighted by Crippen LogP contribution is -2.15. The molecule has 0 aromatic rings. The van der Waals surface area contributed by atoms with Gasteiger partial charge in [-0.15, -0.1) is 0 Å². The van der Waals surface area contributed by atoms with Gasteiger partial charge in [-0.3, -0.25) is 9.59 Å². The first-order valence-electron chi connectivity index (χ1n) is 9.66. The Morgan fingerprint density at radius 3 is 1.79 bits per heavy atom. The fourth-order valence-corrected chi connectivity index (χ4v) is 2.44. The summed E-state index contributed by atoms with van der Waals surface area (Å²) in [5.41, 5.74) is 0. The van der Waals surface area contributed by atoms with E-state index >= 15 is 0 Å². The highest BCUT2D eigenvalue weighted by molar-refractivity contribution is 5.69. The summed E-state index contributed by atoms with van der Waals surface area (Å²) in [5.74, 6) is 1.07. The van der Waals surface area contributed by atoms with Crippen LogP contribution in [0.3, 0.4) is 0 Å². The summed E-state index contributed by atoms with van der Waals surface area (Å²) in [7, 11) is 0. The number of hydrogen-bond donors (Lipinski definition) is 0. The Morgan fingerprint density at radius 2 is 1.25 bits per heavy atom. The maximum atomic E-state index is 11.7. The van der Waals surface area contributed by atoms with Crippen LogP contribution < -0.4 is 0 Å². The summed E-state index contributed by atoms with van der Waals surface area (Å²) in [6.07, 6.45) is 7.45.